The van der Waals surface area contributed by atoms with Crippen molar-refractivity contribution >= 4 is 0 Å². The molecule has 0 unspecified atom stereocenters. The third kappa shape index (κ3) is 3.19. The molecule has 0 radical (unpaired) electrons. The molecule has 180 valence electrons. The molecule has 0 saturated heterocycles. The zero-order chi connectivity index (χ0) is 25.1. The molecule has 4 rings (SSSR count). The standard InChI is InChI=1S/C31H44O2/c1-17-23-19(13-21(25(17)32)27(3,4)5)29(9,10)15-31(23)16-30(11,12)20-14-22(28(6,7)8)26(33)18(2)24(20)31/h13-14,32-33H,15-16H2,1-12H3. The maximum absolute atomic E-state index is 11.4. The second-order valence-electron chi connectivity index (χ2n) is 14.3. The van der Waals surface area contributed by atoms with Crippen LogP contribution < -0.4 is 0 Å². The zero-order valence-corrected chi connectivity index (χ0v) is 23.0. The fourth-order valence-corrected chi connectivity index (χ4v) is 7.30. The van der Waals surface area contributed by atoms with E-state index in [1.807, 2.05) is 0 Å². The number of phenols is 2. The van der Waals surface area contributed by atoms with Gasteiger partial charge in [0.15, 0.2) is 0 Å². The Morgan fingerprint density at radius 3 is 1.21 bits per heavy atom. The van der Waals surface area contributed by atoms with Crippen molar-refractivity contribution in [3.8, 4) is 11.5 Å². The van der Waals surface area contributed by atoms with Crippen LogP contribution in [0.5, 0.6) is 11.5 Å². The van der Waals surface area contributed by atoms with E-state index in [4.69, 9.17) is 0 Å². The number of rotatable bonds is 0. The SMILES string of the molecule is Cc1c(O)c(C(C)(C)C)cc2c1C1(CC2(C)C)CC(C)(C)c2cc(C(C)(C)C)c(O)c(C)c21. The van der Waals surface area contributed by atoms with Gasteiger partial charge in [-0.1, -0.05) is 81.4 Å². The summed E-state index contributed by atoms with van der Waals surface area (Å²) in [6, 6.07) is 4.58. The van der Waals surface area contributed by atoms with Gasteiger partial charge in [0.25, 0.3) is 0 Å². The fourth-order valence-electron chi connectivity index (χ4n) is 7.30. The number of benzene rings is 2. The van der Waals surface area contributed by atoms with Crippen LogP contribution in [0.4, 0.5) is 0 Å². The third-order valence-electron chi connectivity index (χ3n) is 8.61. The molecule has 2 nitrogen and oxygen atoms in total. The molecule has 2 aromatic carbocycles. The number of fused-ring (bicyclic) bond motifs is 4. The van der Waals surface area contributed by atoms with Gasteiger partial charge in [0.1, 0.15) is 11.5 Å². The first-order chi connectivity index (χ1) is 14.8. The van der Waals surface area contributed by atoms with E-state index in [-0.39, 0.29) is 27.1 Å². The Bertz CT molecular complexity index is 1070. The molecular formula is C31H44O2. The van der Waals surface area contributed by atoms with Gasteiger partial charge in [-0.2, -0.15) is 0 Å². The van der Waals surface area contributed by atoms with Crippen molar-refractivity contribution in [1.82, 2.24) is 0 Å². The molecule has 0 fully saturated rings. The Hall–Kier alpha value is -1.96. The van der Waals surface area contributed by atoms with Gasteiger partial charge in [0.2, 0.25) is 0 Å². The summed E-state index contributed by atoms with van der Waals surface area (Å²) in [6.07, 6.45) is 1.99. The Morgan fingerprint density at radius 1 is 0.636 bits per heavy atom. The first-order valence-electron chi connectivity index (χ1n) is 12.5. The molecule has 0 aliphatic heterocycles. The summed E-state index contributed by atoms with van der Waals surface area (Å²) in [5.74, 6) is 0.885. The molecule has 0 aromatic heterocycles. The van der Waals surface area contributed by atoms with Crippen molar-refractivity contribution in [2.24, 2.45) is 0 Å². The maximum Gasteiger partial charge on any atom is 0.122 e. The summed E-state index contributed by atoms with van der Waals surface area (Å²) >= 11 is 0. The largest absolute Gasteiger partial charge is 0.507 e. The lowest BCUT2D eigenvalue weighted by atomic mass is 9.70. The van der Waals surface area contributed by atoms with E-state index >= 15 is 0 Å². The van der Waals surface area contributed by atoms with Gasteiger partial charge in [0, 0.05) is 5.41 Å². The molecule has 0 saturated carbocycles. The van der Waals surface area contributed by atoms with Crippen LogP contribution in [-0.2, 0) is 27.1 Å². The lowest BCUT2D eigenvalue weighted by Crippen LogP contribution is -2.28. The summed E-state index contributed by atoms with van der Waals surface area (Å²) in [4.78, 5) is 0. The second-order valence-corrected chi connectivity index (χ2v) is 14.3. The van der Waals surface area contributed by atoms with E-state index < -0.39 is 0 Å². The monoisotopic (exact) mass is 448 g/mol. The highest BCUT2D eigenvalue weighted by molar-refractivity contribution is 5.69. The van der Waals surface area contributed by atoms with Gasteiger partial charge in [-0.25, -0.2) is 0 Å². The predicted molar refractivity (Wildman–Crippen MR) is 139 cm³/mol. The molecule has 2 N–H and O–H groups in total. The summed E-state index contributed by atoms with van der Waals surface area (Å²) in [7, 11) is 0. The van der Waals surface area contributed by atoms with E-state index in [0.717, 1.165) is 35.1 Å². The minimum atomic E-state index is -0.201. The minimum Gasteiger partial charge on any atom is -0.507 e. The molecule has 2 aromatic rings. The van der Waals surface area contributed by atoms with Crippen LogP contribution in [-0.4, -0.2) is 10.2 Å². The van der Waals surface area contributed by atoms with Gasteiger partial charge in [-0.3, -0.25) is 0 Å². The summed E-state index contributed by atoms with van der Waals surface area (Å²) < 4.78 is 0. The molecule has 0 atom stereocenters. The average Bonchev–Trinajstić information content (AvgIpc) is 2.97. The minimum absolute atomic E-state index is 0.0176. The molecular weight excluding hydrogens is 404 g/mol. The summed E-state index contributed by atoms with van der Waals surface area (Å²) in [5.41, 5.74) is 8.95. The van der Waals surface area contributed by atoms with E-state index in [0.29, 0.717) is 11.5 Å². The molecule has 0 heterocycles. The Kier molecular flexibility index (Phi) is 4.82. The van der Waals surface area contributed by atoms with Crippen LogP contribution in [0.2, 0.25) is 0 Å². The number of hydrogen-bond donors (Lipinski definition) is 2. The number of aromatic hydroxyl groups is 2. The fraction of sp³-hybridized carbons (Fsp3) is 0.613. The Morgan fingerprint density at radius 2 is 0.939 bits per heavy atom. The first-order valence-corrected chi connectivity index (χ1v) is 12.5. The number of phenolic OH excluding ortho intramolecular Hbond substituents is 2. The van der Waals surface area contributed by atoms with Gasteiger partial charge in [-0.05, 0) is 92.9 Å². The van der Waals surface area contributed by atoms with E-state index in [1.54, 1.807) is 0 Å². The van der Waals surface area contributed by atoms with Gasteiger partial charge in [-0.15, -0.1) is 0 Å². The van der Waals surface area contributed by atoms with Gasteiger partial charge < -0.3 is 10.2 Å². The quantitative estimate of drug-likeness (QED) is 0.429. The summed E-state index contributed by atoms with van der Waals surface area (Å²) in [6.45, 7) is 26.7. The molecule has 1 spiro atoms. The summed E-state index contributed by atoms with van der Waals surface area (Å²) in [5, 5.41) is 22.8. The topological polar surface area (TPSA) is 40.5 Å². The van der Waals surface area contributed by atoms with Crippen LogP contribution in [0.1, 0.15) is 127 Å². The van der Waals surface area contributed by atoms with Crippen LogP contribution in [0.25, 0.3) is 0 Å². The van der Waals surface area contributed by atoms with Crippen LogP contribution in [0, 0.1) is 13.8 Å². The molecule has 0 bridgehead atoms. The average molecular weight is 449 g/mol. The normalized spacial score (nSPS) is 20.2. The maximum atomic E-state index is 11.4. The highest BCUT2D eigenvalue weighted by Gasteiger charge is 2.58. The van der Waals surface area contributed by atoms with Crippen molar-refractivity contribution in [2.75, 3.05) is 0 Å². The Labute approximate surface area is 201 Å². The smallest absolute Gasteiger partial charge is 0.122 e. The van der Waals surface area contributed by atoms with E-state index in [2.05, 4.69) is 95.2 Å². The molecule has 33 heavy (non-hydrogen) atoms. The predicted octanol–water partition coefficient (Wildman–Crippen LogP) is 7.96. The lowest BCUT2D eigenvalue weighted by Gasteiger charge is -2.33. The van der Waals surface area contributed by atoms with Crippen molar-refractivity contribution in [1.29, 1.82) is 0 Å². The van der Waals surface area contributed by atoms with Crippen LogP contribution in [0.15, 0.2) is 12.1 Å². The highest BCUT2D eigenvalue weighted by atomic mass is 16.3. The van der Waals surface area contributed by atoms with Crippen LogP contribution in [0.3, 0.4) is 0 Å². The number of hydrogen-bond acceptors (Lipinski definition) is 2. The highest BCUT2D eigenvalue weighted by Crippen LogP contribution is 2.66. The molecule has 2 aliphatic carbocycles. The second kappa shape index (κ2) is 6.58. The van der Waals surface area contributed by atoms with Crippen molar-refractivity contribution in [3.63, 3.8) is 0 Å². The van der Waals surface area contributed by atoms with Crippen molar-refractivity contribution in [2.45, 2.75) is 123 Å². The molecule has 2 heteroatoms. The van der Waals surface area contributed by atoms with Crippen LogP contribution >= 0.6 is 0 Å². The van der Waals surface area contributed by atoms with E-state index in [1.165, 1.54) is 22.3 Å². The van der Waals surface area contributed by atoms with Crippen molar-refractivity contribution < 1.29 is 10.2 Å². The lowest BCUT2D eigenvalue weighted by molar-refractivity contribution is 0.347. The Balaban J connectivity index is 2.13. The molecule has 0 amide bonds. The van der Waals surface area contributed by atoms with Crippen molar-refractivity contribution in [3.05, 3.63) is 56.6 Å². The third-order valence-corrected chi connectivity index (χ3v) is 8.61. The van der Waals surface area contributed by atoms with Gasteiger partial charge in [0.05, 0.1) is 0 Å². The van der Waals surface area contributed by atoms with Gasteiger partial charge >= 0.3 is 0 Å². The molecule has 2 aliphatic rings. The zero-order valence-electron chi connectivity index (χ0n) is 23.0. The first kappa shape index (κ1) is 24.2. The van der Waals surface area contributed by atoms with E-state index in [9.17, 15) is 10.2 Å².